The fourth-order valence-corrected chi connectivity index (χ4v) is 3.02. The molecule has 2 heterocycles. The molecular weight excluding hydrogens is 256 g/mol. The van der Waals surface area contributed by atoms with Gasteiger partial charge < -0.3 is 10.5 Å². The van der Waals surface area contributed by atoms with E-state index in [0.29, 0.717) is 0 Å². The third kappa shape index (κ3) is 2.20. The van der Waals surface area contributed by atoms with Crippen molar-refractivity contribution in [1.82, 2.24) is 4.98 Å². The zero-order valence-electron chi connectivity index (χ0n) is 10.5. The predicted octanol–water partition coefficient (Wildman–Crippen LogP) is 3.35. The maximum absolute atomic E-state index is 6.37. The minimum atomic E-state index is -0.174. The number of methoxy groups -OCH3 is 1. The Kier molecular flexibility index (Phi) is 3.19. The summed E-state index contributed by atoms with van der Waals surface area (Å²) in [6.07, 6.45) is 3.71. The van der Waals surface area contributed by atoms with E-state index < -0.39 is 0 Å². The summed E-state index contributed by atoms with van der Waals surface area (Å²) >= 11 is 1.61. The van der Waals surface area contributed by atoms with Gasteiger partial charge in [0.25, 0.3) is 0 Å². The van der Waals surface area contributed by atoms with E-state index in [1.807, 2.05) is 42.0 Å². The first-order valence-electron chi connectivity index (χ1n) is 6.00. The van der Waals surface area contributed by atoms with Crippen molar-refractivity contribution in [2.75, 3.05) is 7.11 Å². The van der Waals surface area contributed by atoms with E-state index in [1.54, 1.807) is 18.4 Å². The van der Waals surface area contributed by atoms with Gasteiger partial charge in [0.05, 0.1) is 13.2 Å². The Morgan fingerprint density at radius 1 is 1.26 bits per heavy atom. The molecule has 0 fully saturated rings. The van der Waals surface area contributed by atoms with Crippen LogP contribution >= 0.6 is 11.3 Å². The first-order valence-corrected chi connectivity index (χ1v) is 6.88. The van der Waals surface area contributed by atoms with Crippen LogP contribution in [-0.4, -0.2) is 12.1 Å². The minimum absolute atomic E-state index is 0.174. The normalized spacial score (nSPS) is 12.5. The molecule has 0 saturated carbocycles. The van der Waals surface area contributed by atoms with E-state index in [-0.39, 0.29) is 6.04 Å². The number of hydrogen-bond donors (Lipinski definition) is 1. The molecule has 19 heavy (non-hydrogen) atoms. The monoisotopic (exact) mass is 270 g/mol. The number of pyridine rings is 1. The van der Waals surface area contributed by atoms with Crippen LogP contribution in [0.25, 0.3) is 10.8 Å². The van der Waals surface area contributed by atoms with Crippen LogP contribution in [0.1, 0.15) is 16.5 Å². The number of fused-ring (bicyclic) bond motifs is 1. The van der Waals surface area contributed by atoms with Crippen LogP contribution in [0, 0.1) is 0 Å². The molecule has 96 valence electrons. The molecule has 2 aromatic heterocycles. The van der Waals surface area contributed by atoms with Crippen LogP contribution in [0.15, 0.2) is 48.1 Å². The quantitative estimate of drug-likeness (QED) is 0.794. The Labute approximate surface area is 115 Å². The van der Waals surface area contributed by atoms with Crippen LogP contribution in [0.3, 0.4) is 0 Å². The Balaban J connectivity index is 2.08. The molecule has 1 atom stereocenters. The number of thiophene rings is 1. The number of nitrogens with two attached hydrogens (primary N) is 1. The summed E-state index contributed by atoms with van der Waals surface area (Å²) in [4.78, 5) is 5.36. The highest BCUT2D eigenvalue weighted by Gasteiger charge is 2.14. The fourth-order valence-electron chi connectivity index (χ4n) is 2.15. The van der Waals surface area contributed by atoms with Crippen molar-refractivity contribution in [1.29, 1.82) is 0 Å². The summed E-state index contributed by atoms with van der Waals surface area (Å²) in [7, 11) is 1.66. The largest absolute Gasteiger partial charge is 0.496 e. The van der Waals surface area contributed by atoms with Gasteiger partial charge in [-0.15, -0.1) is 11.3 Å². The first kappa shape index (κ1) is 12.1. The molecule has 0 aliphatic carbocycles. The number of rotatable bonds is 3. The number of nitrogens with zero attached hydrogens (tertiary/aromatic N) is 1. The Morgan fingerprint density at radius 2 is 2.11 bits per heavy atom. The van der Waals surface area contributed by atoms with E-state index in [4.69, 9.17) is 10.5 Å². The van der Waals surface area contributed by atoms with Crippen molar-refractivity contribution in [3.05, 3.63) is 58.5 Å². The highest BCUT2D eigenvalue weighted by Crippen LogP contribution is 2.32. The molecule has 0 aliphatic rings. The van der Waals surface area contributed by atoms with Crippen LogP contribution in [0.4, 0.5) is 0 Å². The van der Waals surface area contributed by atoms with Crippen molar-refractivity contribution < 1.29 is 4.74 Å². The predicted molar refractivity (Wildman–Crippen MR) is 78.6 cm³/mol. The Hall–Kier alpha value is -1.91. The van der Waals surface area contributed by atoms with Crippen molar-refractivity contribution >= 4 is 22.1 Å². The van der Waals surface area contributed by atoms with Gasteiger partial charge in [0.15, 0.2) is 0 Å². The maximum atomic E-state index is 6.37. The van der Waals surface area contributed by atoms with E-state index in [9.17, 15) is 0 Å². The SMILES string of the molecule is COc1csc(C(N)c2cncc3ccccc23)c1. The molecule has 0 amide bonds. The van der Waals surface area contributed by atoms with Gasteiger partial charge in [-0.1, -0.05) is 24.3 Å². The van der Waals surface area contributed by atoms with E-state index in [2.05, 4.69) is 11.1 Å². The van der Waals surface area contributed by atoms with Crippen LogP contribution in [-0.2, 0) is 0 Å². The second-order valence-electron chi connectivity index (χ2n) is 4.32. The van der Waals surface area contributed by atoms with E-state index >= 15 is 0 Å². The molecular formula is C15H14N2OS. The summed E-state index contributed by atoms with van der Waals surface area (Å²) in [5.74, 6) is 0.851. The number of ether oxygens (including phenoxy) is 1. The van der Waals surface area contributed by atoms with Crippen LogP contribution < -0.4 is 10.5 Å². The third-order valence-electron chi connectivity index (χ3n) is 3.17. The average molecular weight is 270 g/mol. The smallest absolute Gasteiger partial charge is 0.129 e. The van der Waals surface area contributed by atoms with E-state index in [1.165, 1.54) is 0 Å². The molecule has 0 saturated heterocycles. The van der Waals surface area contributed by atoms with E-state index in [0.717, 1.165) is 27.0 Å². The summed E-state index contributed by atoms with van der Waals surface area (Å²) in [5.41, 5.74) is 7.41. The fraction of sp³-hybridized carbons (Fsp3) is 0.133. The summed E-state index contributed by atoms with van der Waals surface area (Å²) in [6, 6.07) is 9.97. The van der Waals surface area contributed by atoms with Crippen LogP contribution in [0.2, 0.25) is 0 Å². The van der Waals surface area contributed by atoms with Gasteiger partial charge in [-0.3, -0.25) is 4.98 Å². The van der Waals surface area contributed by atoms with Crippen molar-refractivity contribution in [3.63, 3.8) is 0 Å². The zero-order valence-corrected chi connectivity index (χ0v) is 11.4. The van der Waals surface area contributed by atoms with Gasteiger partial charge in [0, 0.05) is 33.6 Å². The second kappa shape index (κ2) is 4.99. The Morgan fingerprint density at radius 3 is 2.89 bits per heavy atom. The molecule has 2 N–H and O–H groups in total. The molecule has 1 unspecified atom stereocenters. The molecule has 3 nitrogen and oxygen atoms in total. The van der Waals surface area contributed by atoms with Gasteiger partial charge >= 0.3 is 0 Å². The number of benzene rings is 1. The van der Waals surface area contributed by atoms with Gasteiger partial charge in [0.2, 0.25) is 0 Å². The van der Waals surface area contributed by atoms with Crippen molar-refractivity contribution in [2.24, 2.45) is 5.73 Å². The van der Waals surface area contributed by atoms with Gasteiger partial charge in [-0.25, -0.2) is 0 Å². The molecule has 0 spiro atoms. The van der Waals surface area contributed by atoms with Crippen LogP contribution in [0.5, 0.6) is 5.75 Å². The van der Waals surface area contributed by atoms with Crippen molar-refractivity contribution in [2.45, 2.75) is 6.04 Å². The Bertz CT molecular complexity index is 703. The second-order valence-corrected chi connectivity index (χ2v) is 5.26. The molecule has 0 bridgehead atoms. The molecule has 0 radical (unpaired) electrons. The summed E-state index contributed by atoms with van der Waals surface area (Å²) in [6.45, 7) is 0. The lowest BCUT2D eigenvalue weighted by atomic mass is 10.0. The van der Waals surface area contributed by atoms with Gasteiger partial charge in [-0.2, -0.15) is 0 Å². The highest BCUT2D eigenvalue weighted by atomic mass is 32.1. The molecule has 3 rings (SSSR count). The average Bonchev–Trinajstić information content (AvgIpc) is 2.95. The maximum Gasteiger partial charge on any atom is 0.129 e. The molecule has 4 heteroatoms. The number of aromatic nitrogens is 1. The number of hydrogen-bond acceptors (Lipinski definition) is 4. The zero-order chi connectivity index (χ0) is 13.2. The molecule has 3 aromatic rings. The minimum Gasteiger partial charge on any atom is -0.496 e. The van der Waals surface area contributed by atoms with Crippen molar-refractivity contribution in [3.8, 4) is 5.75 Å². The highest BCUT2D eigenvalue weighted by molar-refractivity contribution is 7.10. The summed E-state index contributed by atoms with van der Waals surface area (Å²) < 4.78 is 5.21. The van der Waals surface area contributed by atoms with Gasteiger partial charge in [0.1, 0.15) is 5.75 Å². The lowest BCUT2D eigenvalue weighted by molar-refractivity contribution is 0.416. The van der Waals surface area contributed by atoms with Gasteiger partial charge in [-0.05, 0) is 11.5 Å². The lowest BCUT2D eigenvalue weighted by Crippen LogP contribution is -2.11. The molecule has 1 aromatic carbocycles. The lowest BCUT2D eigenvalue weighted by Gasteiger charge is -2.12. The molecule has 0 aliphatic heterocycles. The first-order chi connectivity index (χ1) is 9.29. The third-order valence-corrected chi connectivity index (χ3v) is 4.17. The summed E-state index contributed by atoms with van der Waals surface area (Å²) in [5, 5.41) is 4.23. The standard InChI is InChI=1S/C15H14N2OS/c1-18-11-6-14(19-9-11)15(16)13-8-17-7-10-4-2-3-5-12(10)13/h2-9,15H,16H2,1H3. The topological polar surface area (TPSA) is 48.1 Å².